The zero-order valence-electron chi connectivity index (χ0n) is 16.5. The van der Waals surface area contributed by atoms with E-state index in [2.05, 4.69) is 12.2 Å². The van der Waals surface area contributed by atoms with Crippen LogP contribution in [0.5, 0.6) is 11.5 Å². The minimum Gasteiger partial charge on any atom is -0.493 e. The van der Waals surface area contributed by atoms with Crippen molar-refractivity contribution in [1.82, 2.24) is 5.32 Å². The van der Waals surface area contributed by atoms with Crippen molar-refractivity contribution in [2.45, 2.75) is 39.3 Å². The maximum absolute atomic E-state index is 13.0. The fraction of sp³-hybridized carbons (Fsp3) is 0.364. The molecule has 1 aliphatic rings. The van der Waals surface area contributed by atoms with Crippen molar-refractivity contribution in [2.75, 3.05) is 18.6 Å². The first-order chi connectivity index (χ1) is 13.5. The van der Waals surface area contributed by atoms with Gasteiger partial charge in [0.15, 0.2) is 11.5 Å². The second-order valence-electron chi connectivity index (χ2n) is 6.80. The average Bonchev–Trinajstić information content (AvgIpc) is 2.94. The molecule has 0 spiro atoms. The minimum atomic E-state index is -0.646. The molecule has 0 saturated heterocycles. The second kappa shape index (κ2) is 8.78. The van der Waals surface area contributed by atoms with Crippen molar-refractivity contribution in [2.24, 2.45) is 0 Å². The molecule has 1 atom stereocenters. The van der Waals surface area contributed by atoms with E-state index in [1.54, 1.807) is 12.0 Å². The highest BCUT2D eigenvalue weighted by Gasteiger charge is 2.37. The molecule has 0 aromatic heterocycles. The molecule has 28 heavy (non-hydrogen) atoms. The van der Waals surface area contributed by atoms with Gasteiger partial charge >= 0.3 is 0 Å². The highest BCUT2D eigenvalue weighted by molar-refractivity contribution is 6.06. The summed E-state index contributed by atoms with van der Waals surface area (Å²) < 4.78 is 11.2. The lowest BCUT2D eigenvalue weighted by molar-refractivity contribution is -0.126. The predicted molar refractivity (Wildman–Crippen MR) is 108 cm³/mol. The fourth-order valence-electron chi connectivity index (χ4n) is 3.33. The number of carbonyl (C=O) groups is 2. The Balaban J connectivity index is 1.83. The zero-order valence-corrected chi connectivity index (χ0v) is 16.5. The molecule has 3 rings (SSSR count). The Morgan fingerprint density at radius 1 is 1.18 bits per heavy atom. The number of methoxy groups -OCH3 is 1. The van der Waals surface area contributed by atoms with Crippen LogP contribution in [0.4, 0.5) is 5.69 Å². The molecule has 0 fully saturated rings. The van der Waals surface area contributed by atoms with E-state index < -0.39 is 6.04 Å². The van der Waals surface area contributed by atoms with E-state index >= 15 is 0 Å². The van der Waals surface area contributed by atoms with Crippen molar-refractivity contribution >= 4 is 17.5 Å². The van der Waals surface area contributed by atoms with Gasteiger partial charge in [-0.3, -0.25) is 9.59 Å². The molecule has 6 nitrogen and oxygen atoms in total. The summed E-state index contributed by atoms with van der Waals surface area (Å²) in [5, 5.41) is 2.75. The molecule has 0 saturated carbocycles. The van der Waals surface area contributed by atoms with Gasteiger partial charge in [0.2, 0.25) is 5.91 Å². The minimum absolute atomic E-state index is 0.140. The molecule has 1 aliphatic heterocycles. The Morgan fingerprint density at radius 3 is 2.68 bits per heavy atom. The molecule has 2 aromatic carbocycles. The van der Waals surface area contributed by atoms with Gasteiger partial charge in [0.1, 0.15) is 6.04 Å². The van der Waals surface area contributed by atoms with E-state index in [0.717, 1.165) is 29.7 Å². The molecule has 1 N–H and O–H groups in total. The van der Waals surface area contributed by atoms with Crippen molar-refractivity contribution < 1.29 is 19.1 Å². The van der Waals surface area contributed by atoms with E-state index in [0.29, 0.717) is 24.7 Å². The SMILES string of the molecule is CCCCOc1ccc(CN2C(=O)C(NC(C)=O)c3ccccc32)cc1OC. The molecule has 1 heterocycles. The first-order valence-corrected chi connectivity index (χ1v) is 9.52. The number of fused-ring (bicyclic) bond motifs is 1. The average molecular weight is 382 g/mol. The summed E-state index contributed by atoms with van der Waals surface area (Å²) in [7, 11) is 1.61. The van der Waals surface area contributed by atoms with Crippen molar-refractivity contribution in [1.29, 1.82) is 0 Å². The van der Waals surface area contributed by atoms with Gasteiger partial charge < -0.3 is 19.7 Å². The predicted octanol–water partition coefficient (Wildman–Crippen LogP) is 3.60. The van der Waals surface area contributed by atoms with Gasteiger partial charge in [-0.05, 0) is 30.2 Å². The lowest BCUT2D eigenvalue weighted by Crippen LogP contribution is -2.36. The first kappa shape index (κ1) is 19.7. The topological polar surface area (TPSA) is 67.9 Å². The Kier molecular flexibility index (Phi) is 6.19. The van der Waals surface area contributed by atoms with Gasteiger partial charge in [-0.25, -0.2) is 0 Å². The number of amides is 2. The van der Waals surface area contributed by atoms with Crippen molar-refractivity contribution in [3.8, 4) is 11.5 Å². The van der Waals surface area contributed by atoms with Crippen LogP contribution >= 0.6 is 0 Å². The number of hydrogen-bond donors (Lipinski definition) is 1. The number of carbonyl (C=O) groups excluding carboxylic acids is 2. The number of unbranched alkanes of at least 4 members (excludes halogenated alkanes) is 1. The van der Waals surface area contributed by atoms with Gasteiger partial charge in [0.05, 0.1) is 20.3 Å². The largest absolute Gasteiger partial charge is 0.493 e. The highest BCUT2D eigenvalue weighted by atomic mass is 16.5. The Labute approximate surface area is 165 Å². The van der Waals surface area contributed by atoms with Crippen molar-refractivity contribution in [3.63, 3.8) is 0 Å². The third kappa shape index (κ3) is 4.11. The van der Waals surface area contributed by atoms with E-state index in [1.807, 2.05) is 42.5 Å². The summed E-state index contributed by atoms with van der Waals surface area (Å²) in [6.07, 6.45) is 2.04. The molecule has 6 heteroatoms. The van der Waals surface area contributed by atoms with Gasteiger partial charge in [0.25, 0.3) is 5.91 Å². The number of anilines is 1. The number of ether oxygens (including phenoxy) is 2. The standard InChI is InChI=1S/C22H26N2O4/c1-4-5-12-28-19-11-10-16(13-20(19)27-3)14-24-18-9-7-6-8-17(18)21(22(24)26)23-15(2)25/h6-11,13,21H,4-5,12,14H2,1-3H3,(H,23,25). The molecule has 0 bridgehead atoms. The summed E-state index contributed by atoms with van der Waals surface area (Å²) in [5.74, 6) is 0.972. The lowest BCUT2D eigenvalue weighted by atomic mass is 10.1. The Morgan fingerprint density at radius 2 is 1.96 bits per heavy atom. The molecule has 148 valence electrons. The van der Waals surface area contributed by atoms with Crippen LogP contribution in [0.2, 0.25) is 0 Å². The maximum atomic E-state index is 13.0. The molecule has 0 aliphatic carbocycles. The number of benzene rings is 2. The smallest absolute Gasteiger partial charge is 0.254 e. The van der Waals surface area contributed by atoms with Crippen LogP contribution in [-0.4, -0.2) is 25.5 Å². The maximum Gasteiger partial charge on any atom is 0.254 e. The van der Waals surface area contributed by atoms with Crippen LogP contribution in [0.15, 0.2) is 42.5 Å². The van der Waals surface area contributed by atoms with Crippen LogP contribution in [0.25, 0.3) is 0 Å². The zero-order chi connectivity index (χ0) is 20.1. The van der Waals surface area contributed by atoms with Gasteiger partial charge in [-0.1, -0.05) is 37.6 Å². The summed E-state index contributed by atoms with van der Waals surface area (Å²) in [6, 6.07) is 12.6. The molecular formula is C22H26N2O4. The normalized spacial score (nSPS) is 15.3. The monoisotopic (exact) mass is 382 g/mol. The van der Waals surface area contributed by atoms with Gasteiger partial charge in [-0.2, -0.15) is 0 Å². The Hall–Kier alpha value is -3.02. The molecular weight excluding hydrogens is 356 g/mol. The summed E-state index contributed by atoms with van der Waals surface area (Å²) >= 11 is 0. The van der Waals surface area contributed by atoms with Gasteiger partial charge in [0, 0.05) is 18.2 Å². The van der Waals surface area contributed by atoms with Crippen LogP contribution in [0.1, 0.15) is 43.9 Å². The number of nitrogens with zero attached hydrogens (tertiary/aromatic N) is 1. The number of nitrogens with one attached hydrogen (secondary N) is 1. The third-order valence-electron chi connectivity index (χ3n) is 4.72. The van der Waals surface area contributed by atoms with Crippen LogP contribution in [-0.2, 0) is 16.1 Å². The first-order valence-electron chi connectivity index (χ1n) is 9.52. The lowest BCUT2D eigenvalue weighted by Gasteiger charge is -2.19. The summed E-state index contributed by atoms with van der Waals surface area (Å²) in [4.78, 5) is 26.2. The fourth-order valence-corrected chi connectivity index (χ4v) is 3.33. The van der Waals surface area contributed by atoms with Crippen molar-refractivity contribution in [3.05, 3.63) is 53.6 Å². The van der Waals surface area contributed by atoms with E-state index in [1.165, 1.54) is 6.92 Å². The molecule has 1 unspecified atom stereocenters. The number of hydrogen-bond acceptors (Lipinski definition) is 4. The molecule has 0 radical (unpaired) electrons. The molecule has 2 amide bonds. The second-order valence-corrected chi connectivity index (χ2v) is 6.80. The van der Waals surface area contributed by atoms with E-state index in [4.69, 9.17) is 9.47 Å². The molecule has 2 aromatic rings. The third-order valence-corrected chi connectivity index (χ3v) is 4.72. The van der Waals surface area contributed by atoms with E-state index in [9.17, 15) is 9.59 Å². The number of rotatable bonds is 8. The van der Waals surface area contributed by atoms with Gasteiger partial charge in [-0.15, -0.1) is 0 Å². The van der Waals surface area contributed by atoms with Crippen LogP contribution in [0, 0.1) is 0 Å². The quantitative estimate of drug-likeness (QED) is 0.709. The summed E-state index contributed by atoms with van der Waals surface area (Å²) in [5.41, 5.74) is 2.55. The van der Waals surface area contributed by atoms with Crippen LogP contribution < -0.4 is 19.7 Å². The van der Waals surface area contributed by atoms with Crippen LogP contribution in [0.3, 0.4) is 0 Å². The van der Waals surface area contributed by atoms with E-state index in [-0.39, 0.29) is 11.8 Å². The Bertz CT molecular complexity index is 865. The highest BCUT2D eigenvalue weighted by Crippen LogP contribution is 2.37. The number of para-hydroxylation sites is 1. The summed E-state index contributed by atoms with van der Waals surface area (Å²) in [6.45, 7) is 4.56.